The number of anilines is 1. The van der Waals surface area contributed by atoms with Gasteiger partial charge in [-0.2, -0.15) is 0 Å². The van der Waals surface area contributed by atoms with E-state index in [0.717, 1.165) is 79.0 Å². The standard InChI is InChI=1S/C24H28N6OS/c1-16-20-8-5-11-29(14-18-7-3-4-10-25-18)24(20)28-23(26-16)21-9-6-12-30(21)22(31)13-19-15-32-17(2)27-19/h3-4,7,10,15,21H,5-6,8-9,11-14H2,1-2H3/t21-/m0/s1. The van der Waals surface area contributed by atoms with E-state index in [1.165, 1.54) is 5.56 Å². The minimum absolute atomic E-state index is 0.0649. The zero-order chi connectivity index (χ0) is 22.1. The third-order valence-electron chi connectivity index (χ3n) is 6.31. The van der Waals surface area contributed by atoms with Crippen LogP contribution in [-0.2, 0) is 24.2 Å². The summed E-state index contributed by atoms with van der Waals surface area (Å²) in [6.07, 6.45) is 6.14. The first-order chi connectivity index (χ1) is 15.6. The van der Waals surface area contributed by atoms with Gasteiger partial charge >= 0.3 is 0 Å². The van der Waals surface area contributed by atoms with Crippen molar-refractivity contribution in [1.29, 1.82) is 0 Å². The molecule has 0 spiro atoms. The Morgan fingerprint density at radius 3 is 2.81 bits per heavy atom. The van der Waals surface area contributed by atoms with Crippen molar-refractivity contribution < 1.29 is 4.79 Å². The smallest absolute Gasteiger partial charge is 0.229 e. The van der Waals surface area contributed by atoms with Gasteiger partial charge in [0.15, 0.2) is 5.82 Å². The molecule has 8 heteroatoms. The number of fused-ring (bicyclic) bond motifs is 1. The third-order valence-corrected chi connectivity index (χ3v) is 7.14. The number of amides is 1. The maximum atomic E-state index is 13.1. The maximum Gasteiger partial charge on any atom is 0.229 e. The zero-order valence-corrected chi connectivity index (χ0v) is 19.4. The van der Waals surface area contributed by atoms with Crippen LogP contribution >= 0.6 is 11.3 Å². The van der Waals surface area contributed by atoms with Gasteiger partial charge in [-0.05, 0) is 51.7 Å². The highest BCUT2D eigenvalue weighted by atomic mass is 32.1. The predicted octanol–water partition coefficient (Wildman–Crippen LogP) is 3.80. The fourth-order valence-corrected chi connectivity index (χ4v) is 5.39. The van der Waals surface area contributed by atoms with Gasteiger partial charge in [-0.15, -0.1) is 11.3 Å². The van der Waals surface area contributed by atoms with Crippen molar-refractivity contribution in [3.05, 3.63) is 63.3 Å². The quantitative estimate of drug-likeness (QED) is 0.591. The number of aryl methyl sites for hydroxylation is 2. The highest BCUT2D eigenvalue weighted by Crippen LogP contribution is 2.35. The van der Waals surface area contributed by atoms with E-state index in [1.54, 1.807) is 11.3 Å². The van der Waals surface area contributed by atoms with Crippen LogP contribution in [0.1, 0.15) is 58.8 Å². The average molecular weight is 449 g/mol. The molecule has 0 bridgehead atoms. The Kier molecular flexibility index (Phi) is 5.87. The van der Waals surface area contributed by atoms with Crippen molar-refractivity contribution in [2.75, 3.05) is 18.0 Å². The fraction of sp³-hybridized carbons (Fsp3) is 0.458. The zero-order valence-electron chi connectivity index (χ0n) is 18.6. The predicted molar refractivity (Wildman–Crippen MR) is 125 cm³/mol. The van der Waals surface area contributed by atoms with Crippen molar-refractivity contribution >= 4 is 23.1 Å². The normalized spacial score (nSPS) is 18.1. The molecule has 0 radical (unpaired) electrons. The first-order valence-electron chi connectivity index (χ1n) is 11.3. The molecule has 166 valence electrons. The molecule has 3 aromatic heterocycles. The van der Waals surface area contributed by atoms with E-state index in [2.05, 4.69) is 27.9 Å². The van der Waals surface area contributed by atoms with Crippen LogP contribution in [-0.4, -0.2) is 43.8 Å². The Labute approximate surface area is 192 Å². The molecular formula is C24H28N6OS. The number of hydrogen-bond acceptors (Lipinski definition) is 7. The summed E-state index contributed by atoms with van der Waals surface area (Å²) in [5.74, 6) is 1.90. The summed E-state index contributed by atoms with van der Waals surface area (Å²) < 4.78 is 0. The van der Waals surface area contributed by atoms with Crippen LogP contribution in [0.2, 0.25) is 0 Å². The van der Waals surface area contributed by atoms with Crippen LogP contribution < -0.4 is 4.90 Å². The Morgan fingerprint density at radius 2 is 2.03 bits per heavy atom. The van der Waals surface area contributed by atoms with E-state index >= 15 is 0 Å². The molecule has 5 rings (SSSR count). The number of hydrogen-bond donors (Lipinski definition) is 0. The largest absolute Gasteiger partial charge is 0.350 e. The molecule has 32 heavy (non-hydrogen) atoms. The SMILES string of the molecule is Cc1nc(CC(=O)N2CCC[C@H]2c2nc(C)c3c(n2)N(Cc2ccccn2)CCC3)cs1. The van der Waals surface area contributed by atoms with E-state index in [0.29, 0.717) is 6.42 Å². The fourth-order valence-electron chi connectivity index (χ4n) is 4.78. The highest BCUT2D eigenvalue weighted by molar-refractivity contribution is 7.09. The van der Waals surface area contributed by atoms with Gasteiger partial charge in [-0.25, -0.2) is 15.0 Å². The summed E-state index contributed by atoms with van der Waals surface area (Å²) in [5.41, 5.74) is 4.15. The second-order valence-electron chi connectivity index (χ2n) is 8.60. The van der Waals surface area contributed by atoms with Crippen molar-refractivity contribution in [3.8, 4) is 0 Å². The van der Waals surface area contributed by atoms with Gasteiger partial charge in [0.2, 0.25) is 5.91 Å². The lowest BCUT2D eigenvalue weighted by Crippen LogP contribution is -2.35. The van der Waals surface area contributed by atoms with Gasteiger partial charge in [0.1, 0.15) is 5.82 Å². The minimum Gasteiger partial charge on any atom is -0.350 e. The second-order valence-corrected chi connectivity index (χ2v) is 9.66. The summed E-state index contributed by atoms with van der Waals surface area (Å²) in [5, 5.41) is 2.97. The number of carbonyl (C=O) groups excluding carboxylic acids is 1. The number of pyridine rings is 1. The Hall–Kier alpha value is -2.87. The molecule has 0 unspecified atom stereocenters. The second kappa shape index (κ2) is 8.94. The molecule has 0 aliphatic carbocycles. The molecule has 0 aromatic carbocycles. The molecule has 5 heterocycles. The summed E-state index contributed by atoms with van der Waals surface area (Å²) in [6, 6.07) is 5.96. The molecule has 1 atom stereocenters. The summed E-state index contributed by atoms with van der Waals surface area (Å²) in [6.45, 7) is 6.49. The molecule has 1 amide bonds. The number of likely N-dealkylation sites (tertiary alicyclic amines) is 1. The maximum absolute atomic E-state index is 13.1. The number of thiazole rings is 1. The molecule has 1 fully saturated rings. The van der Waals surface area contributed by atoms with E-state index in [-0.39, 0.29) is 11.9 Å². The lowest BCUT2D eigenvalue weighted by Gasteiger charge is -2.32. The number of nitrogens with zero attached hydrogens (tertiary/aromatic N) is 6. The van der Waals surface area contributed by atoms with Crippen LogP contribution in [0.4, 0.5) is 5.82 Å². The minimum atomic E-state index is -0.0649. The van der Waals surface area contributed by atoms with Gasteiger partial charge in [-0.3, -0.25) is 9.78 Å². The summed E-state index contributed by atoms with van der Waals surface area (Å²) in [7, 11) is 0. The lowest BCUT2D eigenvalue weighted by atomic mass is 10.0. The number of aromatic nitrogens is 4. The number of rotatable bonds is 5. The summed E-state index contributed by atoms with van der Waals surface area (Å²) >= 11 is 1.59. The molecule has 7 nitrogen and oxygen atoms in total. The van der Waals surface area contributed by atoms with E-state index < -0.39 is 0 Å². The van der Waals surface area contributed by atoms with Gasteiger partial charge < -0.3 is 9.80 Å². The van der Waals surface area contributed by atoms with Crippen LogP contribution in [0.5, 0.6) is 0 Å². The van der Waals surface area contributed by atoms with Crippen LogP contribution in [0.25, 0.3) is 0 Å². The molecule has 3 aromatic rings. The van der Waals surface area contributed by atoms with Crippen LogP contribution in [0.3, 0.4) is 0 Å². The van der Waals surface area contributed by atoms with Gasteiger partial charge in [0, 0.05) is 35.9 Å². The molecule has 0 saturated carbocycles. The molecule has 2 aliphatic rings. The van der Waals surface area contributed by atoms with Gasteiger partial charge in [-0.1, -0.05) is 6.07 Å². The Morgan fingerprint density at radius 1 is 1.12 bits per heavy atom. The monoisotopic (exact) mass is 448 g/mol. The first kappa shape index (κ1) is 21.0. The molecular weight excluding hydrogens is 420 g/mol. The van der Waals surface area contributed by atoms with Crippen molar-refractivity contribution in [2.24, 2.45) is 0 Å². The van der Waals surface area contributed by atoms with E-state index in [9.17, 15) is 4.79 Å². The topological polar surface area (TPSA) is 75.1 Å². The van der Waals surface area contributed by atoms with Crippen molar-refractivity contribution in [2.45, 2.75) is 58.5 Å². The third kappa shape index (κ3) is 4.24. The van der Waals surface area contributed by atoms with E-state index in [1.807, 2.05) is 35.5 Å². The Bertz CT molecular complexity index is 1110. The van der Waals surface area contributed by atoms with Crippen molar-refractivity contribution in [3.63, 3.8) is 0 Å². The Balaban J connectivity index is 1.41. The summed E-state index contributed by atoms with van der Waals surface area (Å²) in [4.78, 5) is 36.3. The first-order valence-corrected chi connectivity index (χ1v) is 12.2. The molecule has 0 N–H and O–H groups in total. The van der Waals surface area contributed by atoms with Gasteiger partial charge in [0.25, 0.3) is 0 Å². The highest BCUT2D eigenvalue weighted by Gasteiger charge is 2.34. The van der Waals surface area contributed by atoms with Gasteiger partial charge in [0.05, 0.1) is 35.4 Å². The molecule has 1 saturated heterocycles. The van der Waals surface area contributed by atoms with Crippen LogP contribution in [0.15, 0.2) is 29.8 Å². The van der Waals surface area contributed by atoms with Crippen LogP contribution in [0, 0.1) is 13.8 Å². The lowest BCUT2D eigenvalue weighted by molar-refractivity contribution is -0.131. The van der Waals surface area contributed by atoms with E-state index in [4.69, 9.17) is 9.97 Å². The van der Waals surface area contributed by atoms with Crippen molar-refractivity contribution in [1.82, 2.24) is 24.8 Å². The number of carbonyl (C=O) groups is 1. The molecule has 2 aliphatic heterocycles. The average Bonchev–Trinajstić information content (AvgIpc) is 3.44.